The molecule has 1 aromatic carbocycles. The second kappa shape index (κ2) is 5.34. The number of nitrogens with one attached hydrogen (secondary N) is 1. The van der Waals surface area contributed by atoms with Crippen molar-refractivity contribution in [1.82, 2.24) is 0 Å². The molecule has 0 aliphatic carbocycles. The van der Waals surface area contributed by atoms with Crippen LogP contribution in [0.4, 0.5) is 5.69 Å². The first-order chi connectivity index (χ1) is 7.41. The van der Waals surface area contributed by atoms with Crippen molar-refractivity contribution in [3.63, 3.8) is 0 Å². The molecule has 2 N–H and O–H groups in total. The van der Waals surface area contributed by atoms with E-state index in [9.17, 15) is 4.79 Å². The average Bonchev–Trinajstić information content (AvgIpc) is 2.20. The molecule has 0 fully saturated rings. The first-order valence-electron chi connectivity index (χ1n) is 5.17. The van der Waals surface area contributed by atoms with Crippen LogP contribution < -0.4 is 5.32 Å². The van der Waals surface area contributed by atoms with Gasteiger partial charge in [-0.3, -0.25) is 4.79 Å². The molecular weight excluding hydrogens is 270 g/mol. The van der Waals surface area contributed by atoms with E-state index in [4.69, 9.17) is 5.11 Å². The lowest BCUT2D eigenvalue weighted by Gasteiger charge is -2.20. The number of anilines is 1. The Balaban J connectivity index is 2.77. The molecule has 88 valence electrons. The van der Waals surface area contributed by atoms with Crippen LogP contribution in [-0.4, -0.2) is 17.1 Å². The van der Waals surface area contributed by atoms with Gasteiger partial charge in [0, 0.05) is 16.2 Å². The van der Waals surface area contributed by atoms with Crippen molar-refractivity contribution in [3.8, 4) is 0 Å². The van der Waals surface area contributed by atoms with Crippen LogP contribution in [0, 0.1) is 12.8 Å². The Labute approximate surface area is 104 Å². The van der Waals surface area contributed by atoms with Crippen LogP contribution in [0.25, 0.3) is 0 Å². The molecule has 2 atom stereocenters. The quantitative estimate of drug-likeness (QED) is 0.893. The van der Waals surface area contributed by atoms with Gasteiger partial charge in [0.1, 0.15) is 0 Å². The second-order valence-electron chi connectivity index (χ2n) is 4.04. The van der Waals surface area contributed by atoms with Crippen LogP contribution in [0.5, 0.6) is 0 Å². The highest BCUT2D eigenvalue weighted by Gasteiger charge is 2.19. The maximum atomic E-state index is 10.8. The lowest BCUT2D eigenvalue weighted by Crippen LogP contribution is -2.29. The maximum absolute atomic E-state index is 10.8. The van der Waals surface area contributed by atoms with Crippen molar-refractivity contribution in [2.24, 2.45) is 5.92 Å². The van der Waals surface area contributed by atoms with Crippen LogP contribution in [0.2, 0.25) is 0 Å². The molecule has 0 aliphatic heterocycles. The highest BCUT2D eigenvalue weighted by atomic mass is 79.9. The van der Waals surface area contributed by atoms with E-state index in [1.165, 1.54) is 0 Å². The first-order valence-corrected chi connectivity index (χ1v) is 5.96. The monoisotopic (exact) mass is 285 g/mol. The Hall–Kier alpha value is -1.03. The van der Waals surface area contributed by atoms with E-state index >= 15 is 0 Å². The Bertz CT molecular complexity index is 393. The second-order valence-corrected chi connectivity index (χ2v) is 4.90. The molecule has 0 bridgehead atoms. The highest BCUT2D eigenvalue weighted by Crippen LogP contribution is 2.25. The number of hydrogen-bond donors (Lipinski definition) is 2. The van der Waals surface area contributed by atoms with Crippen molar-refractivity contribution in [3.05, 3.63) is 28.2 Å². The number of hydrogen-bond acceptors (Lipinski definition) is 2. The van der Waals surface area contributed by atoms with Gasteiger partial charge in [0.05, 0.1) is 5.92 Å². The first kappa shape index (κ1) is 13.0. The number of carboxylic acid groups (broad SMARTS) is 1. The number of carbonyl (C=O) groups is 1. The standard InChI is InChI=1S/C12H16BrNO2/c1-7-4-5-11(10(13)6-7)14-9(3)8(2)12(15)16/h4-6,8-9,14H,1-3H3,(H,15,16). The van der Waals surface area contributed by atoms with Gasteiger partial charge in [-0.15, -0.1) is 0 Å². The number of halogens is 1. The minimum atomic E-state index is -0.789. The van der Waals surface area contributed by atoms with Gasteiger partial charge in [-0.1, -0.05) is 6.07 Å². The third-order valence-corrected chi connectivity index (χ3v) is 3.30. The van der Waals surface area contributed by atoms with Gasteiger partial charge in [-0.2, -0.15) is 0 Å². The summed E-state index contributed by atoms with van der Waals surface area (Å²) in [4.78, 5) is 10.8. The fourth-order valence-corrected chi connectivity index (χ4v) is 1.93. The SMILES string of the molecule is Cc1ccc(NC(C)C(C)C(=O)O)c(Br)c1. The van der Waals surface area contributed by atoms with Gasteiger partial charge in [0.25, 0.3) is 0 Å². The minimum Gasteiger partial charge on any atom is -0.481 e. The summed E-state index contributed by atoms with van der Waals surface area (Å²) < 4.78 is 0.955. The third kappa shape index (κ3) is 3.23. The molecule has 0 aliphatic rings. The molecule has 0 radical (unpaired) electrons. The van der Waals surface area contributed by atoms with Gasteiger partial charge in [0.2, 0.25) is 0 Å². The maximum Gasteiger partial charge on any atom is 0.308 e. The van der Waals surface area contributed by atoms with E-state index in [-0.39, 0.29) is 6.04 Å². The number of rotatable bonds is 4. The van der Waals surface area contributed by atoms with Gasteiger partial charge in [0.15, 0.2) is 0 Å². The van der Waals surface area contributed by atoms with E-state index in [1.807, 2.05) is 32.0 Å². The largest absolute Gasteiger partial charge is 0.481 e. The molecule has 16 heavy (non-hydrogen) atoms. The lowest BCUT2D eigenvalue weighted by atomic mass is 10.0. The van der Waals surface area contributed by atoms with Crippen LogP contribution in [0.3, 0.4) is 0 Å². The predicted octanol–water partition coefficient (Wildman–Crippen LogP) is 3.28. The smallest absolute Gasteiger partial charge is 0.308 e. The zero-order valence-corrected chi connectivity index (χ0v) is 11.2. The Morgan fingerprint density at radius 2 is 2.06 bits per heavy atom. The summed E-state index contributed by atoms with van der Waals surface area (Å²) in [5, 5.41) is 12.1. The molecule has 3 nitrogen and oxygen atoms in total. The number of aryl methyl sites for hydroxylation is 1. The van der Waals surface area contributed by atoms with Crippen LogP contribution >= 0.6 is 15.9 Å². The van der Waals surface area contributed by atoms with Gasteiger partial charge in [-0.05, 0) is 54.4 Å². The van der Waals surface area contributed by atoms with Crippen molar-refractivity contribution >= 4 is 27.6 Å². The Kier molecular flexibility index (Phi) is 4.35. The van der Waals surface area contributed by atoms with Crippen molar-refractivity contribution in [1.29, 1.82) is 0 Å². The van der Waals surface area contributed by atoms with Crippen LogP contribution in [-0.2, 0) is 4.79 Å². The van der Waals surface area contributed by atoms with Crippen molar-refractivity contribution in [2.45, 2.75) is 26.8 Å². The molecule has 0 amide bonds. The lowest BCUT2D eigenvalue weighted by molar-refractivity contribution is -0.141. The van der Waals surface area contributed by atoms with Gasteiger partial charge >= 0.3 is 5.97 Å². The van der Waals surface area contributed by atoms with E-state index in [0.717, 1.165) is 15.7 Å². The molecule has 1 rings (SSSR count). The Morgan fingerprint density at radius 3 is 2.56 bits per heavy atom. The number of aliphatic carboxylic acids is 1. The molecule has 0 saturated heterocycles. The molecule has 0 spiro atoms. The molecule has 0 heterocycles. The molecule has 0 aromatic heterocycles. The molecule has 0 saturated carbocycles. The summed E-state index contributed by atoms with van der Waals surface area (Å²) in [6.45, 7) is 5.57. The van der Waals surface area contributed by atoms with E-state index < -0.39 is 11.9 Å². The van der Waals surface area contributed by atoms with Crippen molar-refractivity contribution in [2.75, 3.05) is 5.32 Å². The Morgan fingerprint density at radius 1 is 1.44 bits per heavy atom. The molecule has 4 heteroatoms. The molecule has 1 aromatic rings. The van der Waals surface area contributed by atoms with Gasteiger partial charge < -0.3 is 10.4 Å². The van der Waals surface area contributed by atoms with E-state index in [2.05, 4.69) is 21.2 Å². The van der Waals surface area contributed by atoms with Crippen LogP contribution in [0.1, 0.15) is 19.4 Å². The zero-order valence-electron chi connectivity index (χ0n) is 9.62. The topological polar surface area (TPSA) is 49.3 Å². The fraction of sp³-hybridized carbons (Fsp3) is 0.417. The fourth-order valence-electron chi connectivity index (χ4n) is 1.32. The van der Waals surface area contributed by atoms with E-state index in [0.29, 0.717) is 0 Å². The summed E-state index contributed by atoms with van der Waals surface area (Å²) in [5.41, 5.74) is 2.09. The summed E-state index contributed by atoms with van der Waals surface area (Å²) >= 11 is 3.45. The summed E-state index contributed by atoms with van der Waals surface area (Å²) in [6, 6.07) is 5.83. The van der Waals surface area contributed by atoms with E-state index in [1.54, 1.807) is 6.92 Å². The molecule has 2 unspecified atom stereocenters. The number of benzene rings is 1. The van der Waals surface area contributed by atoms with Gasteiger partial charge in [-0.25, -0.2) is 0 Å². The normalized spacial score (nSPS) is 14.2. The third-order valence-electron chi connectivity index (χ3n) is 2.65. The van der Waals surface area contributed by atoms with Crippen LogP contribution in [0.15, 0.2) is 22.7 Å². The highest BCUT2D eigenvalue weighted by molar-refractivity contribution is 9.10. The number of carboxylic acids is 1. The average molecular weight is 286 g/mol. The summed E-state index contributed by atoms with van der Waals surface area (Å²) in [6.07, 6.45) is 0. The zero-order chi connectivity index (χ0) is 12.3. The minimum absolute atomic E-state index is 0.114. The molecular formula is C12H16BrNO2. The predicted molar refractivity (Wildman–Crippen MR) is 68.8 cm³/mol. The summed E-state index contributed by atoms with van der Waals surface area (Å²) in [5.74, 6) is -1.21. The van der Waals surface area contributed by atoms with Crippen molar-refractivity contribution < 1.29 is 9.90 Å². The summed E-state index contributed by atoms with van der Waals surface area (Å²) in [7, 11) is 0.